The van der Waals surface area contributed by atoms with Crippen LogP contribution in [0, 0.1) is 11.3 Å². The maximum Gasteiger partial charge on any atom is 0.0991 e. The van der Waals surface area contributed by atoms with Crippen molar-refractivity contribution in [3.63, 3.8) is 0 Å². The summed E-state index contributed by atoms with van der Waals surface area (Å²) in [5.74, 6) is 0. The van der Waals surface area contributed by atoms with Crippen molar-refractivity contribution in [2.24, 2.45) is 0 Å². The number of nitrogens with zero attached hydrogens (tertiary/aromatic N) is 2. The molecule has 0 aromatic heterocycles. The first-order valence-electron chi connectivity index (χ1n) is 8.38. The SMILES string of the molecule is C[C@@H]1CN(c2ccccc2CNc2ccc(C#N)cc2)C[C@H](C)O1. The molecule has 2 aromatic rings. The van der Waals surface area contributed by atoms with Crippen molar-refractivity contribution in [1.82, 2.24) is 0 Å². The van der Waals surface area contributed by atoms with Crippen molar-refractivity contribution in [2.45, 2.75) is 32.6 Å². The highest BCUT2D eigenvalue weighted by Crippen LogP contribution is 2.25. The minimum Gasteiger partial charge on any atom is -0.381 e. The van der Waals surface area contributed by atoms with Gasteiger partial charge < -0.3 is 15.0 Å². The van der Waals surface area contributed by atoms with Gasteiger partial charge in [-0.1, -0.05) is 18.2 Å². The van der Waals surface area contributed by atoms with Crippen LogP contribution in [-0.4, -0.2) is 25.3 Å². The molecule has 1 saturated heterocycles. The zero-order valence-corrected chi connectivity index (χ0v) is 14.2. The third-order valence-electron chi connectivity index (χ3n) is 4.25. The van der Waals surface area contributed by atoms with E-state index in [0.717, 1.165) is 25.3 Å². The number of morpholine rings is 1. The van der Waals surface area contributed by atoms with E-state index >= 15 is 0 Å². The van der Waals surface area contributed by atoms with Gasteiger partial charge in [0.2, 0.25) is 0 Å². The van der Waals surface area contributed by atoms with Gasteiger partial charge in [-0.15, -0.1) is 0 Å². The van der Waals surface area contributed by atoms with Gasteiger partial charge in [-0.25, -0.2) is 0 Å². The zero-order chi connectivity index (χ0) is 16.9. The Morgan fingerprint density at radius 1 is 1.08 bits per heavy atom. The van der Waals surface area contributed by atoms with Crippen molar-refractivity contribution in [3.05, 3.63) is 59.7 Å². The van der Waals surface area contributed by atoms with Crippen molar-refractivity contribution < 1.29 is 4.74 Å². The van der Waals surface area contributed by atoms with Gasteiger partial charge >= 0.3 is 0 Å². The second kappa shape index (κ2) is 7.37. The molecule has 2 atom stereocenters. The van der Waals surface area contributed by atoms with E-state index in [1.807, 2.05) is 24.3 Å². The average Bonchev–Trinajstić information content (AvgIpc) is 2.60. The Kier molecular flexibility index (Phi) is 5.02. The second-order valence-corrected chi connectivity index (χ2v) is 6.33. The van der Waals surface area contributed by atoms with Crippen LogP contribution in [0.5, 0.6) is 0 Å². The van der Waals surface area contributed by atoms with Crippen molar-refractivity contribution >= 4 is 11.4 Å². The van der Waals surface area contributed by atoms with Gasteiger partial charge in [0.1, 0.15) is 0 Å². The van der Waals surface area contributed by atoms with Crippen LogP contribution in [0.25, 0.3) is 0 Å². The Morgan fingerprint density at radius 2 is 1.75 bits per heavy atom. The average molecular weight is 321 g/mol. The summed E-state index contributed by atoms with van der Waals surface area (Å²) in [7, 11) is 0. The van der Waals surface area contributed by atoms with E-state index in [0.29, 0.717) is 5.56 Å². The predicted molar refractivity (Wildman–Crippen MR) is 97.1 cm³/mol. The molecular weight excluding hydrogens is 298 g/mol. The number of rotatable bonds is 4. The summed E-state index contributed by atoms with van der Waals surface area (Å²) in [5, 5.41) is 12.3. The molecule has 0 bridgehead atoms. The summed E-state index contributed by atoms with van der Waals surface area (Å²) < 4.78 is 5.85. The molecule has 24 heavy (non-hydrogen) atoms. The highest BCUT2D eigenvalue weighted by molar-refractivity contribution is 5.56. The quantitative estimate of drug-likeness (QED) is 0.931. The molecule has 3 rings (SSSR count). The number of nitriles is 1. The van der Waals surface area contributed by atoms with Crippen molar-refractivity contribution in [3.8, 4) is 6.07 Å². The van der Waals surface area contributed by atoms with Crippen LogP contribution in [0.1, 0.15) is 25.0 Å². The molecule has 2 aromatic carbocycles. The fourth-order valence-electron chi connectivity index (χ4n) is 3.20. The highest BCUT2D eigenvalue weighted by atomic mass is 16.5. The normalized spacial score (nSPS) is 20.5. The first-order chi connectivity index (χ1) is 11.7. The maximum absolute atomic E-state index is 8.87. The topological polar surface area (TPSA) is 48.3 Å². The van der Waals surface area contributed by atoms with Gasteiger partial charge in [0.25, 0.3) is 0 Å². The molecule has 0 unspecified atom stereocenters. The third kappa shape index (κ3) is 3.87. The van der Waals surface area contributed by atoms with Crippen LogP contribution in [-0.2, 0) is 11.3 Å². The Labute approximate surface area is 143 Å². The van der Waals surface area contributed by atoms with Gasteiger partial charge in [0, 0.05) is 31.0 Å². The number of para-hydroxylation sites is 1. The molecule has 1 fully saturated rings. The predicted octanol–water partition coefficient (Wildman–Crippen LogP) is 3.78. The van der Waals surface area contributed by atoms with E-state index in [9.17, 15) is 0 Å². The van der Waals surface area contributed by atoms with Crippen LogP contribution in [0.2, 0.25) is 0 Å². The van der Waals surface area contributed by atoms with Crippen LogP contribution < -0.4 is 10.2 Å². The third-order valence-corrected chi connectivity index (χ3v) is 4.25. The molecule has 0 aliphatic carbocycles. The zero-order valence-electron chi connectivity index (χ0n) is 14.2. The number of hydrogen-bond acceptors (Lipinski definition) is 4. The minimum absolute atomic E-state index is 0.244. The molecular formula is C20H23N3O. The summed E-state index contributed by atoms with van der Waals surface area (Å²) in [6, 6.07) is 18.2. The molecule has 0 spiro atoms. The van der Waals surface area contributed by atoms with Crippen LogP contribution in [0.15, 0.2) is 48.5 Å². The van der Waals surface area contributed by atoms with Crippen LogP contribution >= 0.6 is 0 Å². The van der Waals surface area contributed by atoms with E-state index in [4.69, 9.17) is 10.00 Å². The summed E-state index contributed by atoms with van der Waals surface area (Å²) in [4.78, 5) is 2.41. The van der Waals surface area contributed by atoms with Crippen LogP contribution in [0.3, 0.4) is 0 Å². The molecule has 0 amide bonds. The van der Waals surface area contributed by atoms with Crippen molar-refractivity contribution in [2.75, 3.05) is 23.3 Å². The van der Waals surface area contributed by atoms with Gasteiger partial charge in [-0.3, -0.25) is 0 Å². The summed E-state index contributed by atoms with van der Waals surface area (Å²) in [6.45, 7) is 6.83. The van der Waals surface area contributed by atoms with Gasteiger partial charge in [-0.2, -0.15) is 5.26 Å². The molecule has 124 valence electrons. The number of anilines is 2. The summed E-state index contributed by atoms with van der Waals surface area (Å²) in [5.41, 5.74) is 4.23. The number of hydrogen-bond donors (Lipinski definition) is 1. The fraction of sp³-hybridized carbons (Fsp3) is 0.350. The molecule has 1 heterocycles. The molecule has 1 aliphatic heterocycles. The smallest absolute Gasteiger partial charge is 0.0991 e. The fourth-order valence-corrected chi connectivity index (χ4v) is 3.20. The van der Waals surface area contributed by atoms with E-state index in [1.54, 1.807) is 0 Å². The van der Waals surface area contributed by atoms with E-state index in [-0.39, 0.29) is 12.2 Å². The van der Waals surface area contributed by atoms with Crippen LogP contribution in [0.4, 0.5) is 11.4 Å². The lowest BCUT2D eigenvalue weighted by molar-refractivity contribution is -0.00525. The summed E-state index contributed by atoms with van der Waals surface area (Å²) >= 11 is 0. The molecule has 1 N–H and O–H groups in total. The Hall–Kier alpha value is -2.51. The van der Waals surface area contributed by atoms with Gasteiger partial charge in [0.05, 0.1) is 23.8 Å². The van der Waals surface area contributed by atoms with E-state index in [1.165, 1.54) is 11.3 Å². The van der Waals surface area contributed by atoms with E-state index < -0.39 is 0 Å². The Morgan fingerprint density at radius 3 is 2.42 bits per heavy atom. The maximum atomic E-state index is 8.87. The Bertz CT molecular complexity index is 710. The lowest BCUT2D eigenvalue weighted by Gasteiger charge is -2.37. The highest BCUT2D eigenvalue weighted by Gasteiger charge is 2.23. The molecule has 0 saturated carbocycles. The molecule has 1 aliphatic rings. The first kappa shape index (κ1) is 16.4. The first-order valence-corrected chi connectivity index (χ1v) is 8.38. The minimum atomic E-state index is 0.244. The standard InChI is InChI=1S/C20H23N3O/c1-15-13-23(14-16(2)24-15)20-6-4-3-5-18(20)12-22-19-9-7-17(11-21)8-10-19/h3-10,15-16,22H,12-14H2,1-2H3/t15-,16+. The molecule has 0 radical (unpaired) electrons. The monoisotopic (exact) mass is 321 g/mol. The number of benzene rings is 2. The number of nitrogens with one attached hydrogen (secondary N) is 1. The Balaban J connectivity index is 1.73. The molecule has 4 heteroatoms. The summed E-state index contributed by atoms with van der Waals surface area (Å²) in [6.07, 6.45) is 0.488. The van der Waals surface area contributed by atoms with Crippen molar-refractivity contribution in [1.29, 1.82) is 5.26 Å². The lowest BCUT2D eigenvalue weighted by Crippen LogP contribution is -2.45. The second-order valence-electron chi connectivity index (χ2n) is 6.33. The van der Waals surface area contributed by atoms with Gasteiger partial charge in [-0.05, 0) is 49.7 Å². The lowest BCUT2D eigenvalue weighted by atomic mass is 10.1. The molecule has 4 nitrogen and oxygen atoms in total. The van der Waals surface area contributed by atoms with Gasteiger partial charge in [0.15, 0.2) is 0 Å². The largest absolute Gasteiger partial charge is 0.381 e. The number of ether oxygens (including phenoxy) is 1. The van der Waals surface area contributed by atoms with E-state index in [2.05, 4.69) is 54.4 Å².